The summed E-state index contributed by atoms with van der Waals surface area (Å²) < 4.78 is 5.91. The second-order valence-electron chi connectivity index (χ2n) is 3.32. The van der Waals surface area contributed by atoms with E-state index in [1.54, 1.807) is 13.3 Å². The van der Waals surface area contributed by atoms with Crippen LogP contribution in [0.2, 0.25) is 0 Å². The van der Waals surface area contributed by atoms with Crippen molar-refractivity contribution in [3.8, 4) is 0 Å². The molecule has 6 heteroatoms. The lowest BCUT2D eigenvalue weighted by Gasteiger charge is -2.26. The smallest absolute Gasteiger partial charge is 0.222 e. The molecule has 0 bridgehead atoms. The molecule has 0 saturated heterocycles. The van der Waals surface area contributed by atoms with Gasteiger partial charge in [-0.2, -0.15) is 4.98 Å². The highest BCUT2D eigenvalue weighted by Gasteiger charge is 2.14. The predicted octanol–water partition coefficient (Wildman–Crippen LogP) is 1.29. The maximum atomic E-state index is 5.54. The van der Waals surface area contributed by atoms with Gasteiger partial charge in [0, 0.05) is 20.4 Å². The summed E-state index contributed by atoms with van der Waals surface area (Å²) in [5.41, 5.74) is 5.54. The fourth-order valence-corrected chi connectivity index (χ4v) is 1.65. The van der Waals surface area contributed by atoms with E-state index in [0.717, 1.165) is 10.3 Å². The molecule has 84 valence electrons. The number of nitrogen functional groups attached to an aromatic ring is 1. The number of anilines is 2. The number of methoxy groups -OCH3 is 1. The number of hydrogen-bond donors (Lipinski definition) is 1. The summed E-state index contributed by atoms with van der Waals surface area (Å²) in [6.07, 6.45) is 1.65. The molecular weight excluding hydrogens is 260 g/mol. The van der Waals surface area contributed by atoms with Crippen LogP contribution in [0.5, 0.6) is 0 Å². The van der Waals surface area contributed by atoms with Crippen LogP contribution in [0.25, 0.3) is 0 Å². The summed E-state index contributed by atoms with van der Waals surface area (Å²) in [5.74, 6) is 1.04. The van der Waals surface area contributed by atoms with E-state index in [4.69, 9.17) is 10.5 Å². The molecule has 1 rings (SSSR count). The number of likely N-dealkylation sites (N-methyl/N-ethyl adjacent to an activating group) is 1. The third-order valence-corrected chi connectivity index (χ3v) is 2.71. The standard InChI is InChI=1S/C9H15BrN4O/c1-6(5-15-3)14(2)8-7(10)4-12-9(11)13-8/h4,6H,5H2,1-3H3,(H2,11,12,13). The maximum Gasteiger partial charge on any atom is 0.222 e. The molecule has 1 aromatic heterocycles. The highest BCUT2D eigenvalue weighted by molar-refractivity contribution is 9.10. The summed E-state index contributed by atoms with van der Waals surface area (Å²) in [4.78, 5) is 10.0. The fourth-order valence-electron chi connectivity index (χ4n) is 1.18. The number of rotatable bonds is 4. The van der Waals surface area contributed by atoms with Crippen LogP contribution in [0.15, 0.2) is 10.7 Å². The van der Waals surface area contributed by atoms with Gasteiger partial charge in [-0.05, 0) is 22.9 Å². The normalized spacial score (nSPS) is 12.5. The van der Waals surface area contributed by atoms with Gasteiger partial charge in [0.2, 0.25) is 5.95 Å². The topological polar surface area (TPSA) is 64.3 Å². The van der Waals surface area contributed by atoms with Crippen LogP contribution in [-0.2, 0) is 4.74 Å². The Labute approximate surface area is 97.8 Å². The van der Waals surface area contributed by atoms with E-state index >= 15 is 0 Å². The molecule has 0 radical (unpaired) electrons. The van der Waals surface area contributed by atoms with Gasteiger partial charge in [0.1, 0.15) is 5.82 Å². The summed E-state index contributed by atoms with van der Waals surface area (Å²) in [7, 11) is 3.62. The van der Waals surface area contributed by atoms with Gasteiger partial charge in [-0.25, -0.2) is 4.98 Å². The van der Waals surface area contributed by atoms with E-state index in [1.165, 1.54) is 0 Å². The zero-order valence-electron chi connectivity index (χ0n) is 9.07. The average molecular weight is 275 g/mol. The third-order valence-electron chi connectivity index (χ3n) is 2.15. The van der Waals surface area contributed by atoms with Crippen molar-refractivity contribution in [2.24, 2.45) is 0 Å². The Morgan fingerprint density at radius 1 is 1.67 bits per heavy atom. The molecule has 0 aliphatic rings. The molecule has 0 saturated carbocycles. The summed E-state index contributed by atoms with van der Waals surface area (Å²) in [6, 6.07) is 0.223. The minimum Gasteiger partial charge on any atom is -0.383 e. The van der Waals surface area contributed by atoms with Crippen LogP contribution in [0, 0.1) is 0 Å². The number of nitrogens with two attached hydrogens (primary N) is 1. The van der Waals surface area contributed by atoms with Crippen molar-refractivity contribution in [1.29, 1.82) is 0 Å². The van der Waals surface area contributed by atoms with Crippen LogP contribution in [0.3, 0.4) is 0 Å². The van der Waals surface area contributed by atoms with Crippen molar-refractivity contribution in [3.63, 3.8) is 0 Å². The Morgan fingerprint density at radius 3 is 2.93 bits per heavy atom. The van der Waals surface area contributed by atoms with Crippen LogP contribution in [0.1, 0.15) is 6.92 Å². The fraction of sp³-hybridized carbons (Fsp3) is 0.556. The zero-order chi connectivity index (χ0) is 11.4. The van der Waals surface area contributed by atoms with Crippen molar-refractivity contribution in [2.45, 2.75) is 13.0 Å². The van der Waals surface area contributed by atoms with E-state index in [0.29, 0.717) is 6.61 Å². The van der Waals surface area contributed by atoms with E-state index < -0.39 is 0 Å². The molecule has 1 atom stereocenters. The third kappa shape index (κ3) is 3.04. The molecule has 1 aromatic rings. The first kappa shape index (κ1) is 12.2. The summed E-state index contributed by atoms with van der Waals surface area (Å²) >= 11 is 3.39. The first-order valence-corrected chi connectivity index (χ1v) is 5.35. The lowest BCUT2D eigenvalue weighted by molar-refractivity contribution is 0.183. The van der Waals surface area contributed by atoms with Gasteiger partial charge in [-0.3, -0.25) is 0 Å². The summed E-state index contributed by atoms with van der Waals surface area (Å²) in [5, 5.41) is 0. The van der Waals surface area contributed by atoms with Crippen LogP contribution in [-0.4, -0.2) is 36.8 Å². The van der Waals surface area contributed by atoms with Crippen LogP contribution < -0.4 is 10.6 Å². The lowest BCUT2D eigenvalue weighted by atomic mass is 10.3. The Bertz CT molecular complexity index is 334. The molecule has 5 nitrogen and oxygen atoms in total. The molecule has 0 aromatic carbocycles. The second kappa shape index (κ2) is 5.27. The zero-order valence-corrected chi connectivity index (χ0v) is 10.7. The molecule has 0 aliphatic carbocycles. The van der Waals surface area contributed by atoms with Gasteiger partial charge in [-0.1, -0.05) is 0 Å². The van der Waals surface area contributed by atoms with Gasteiger partial charge in [0.15, 0.2) is 0 Å². The van der Waals surface area contributed by atoms with Crippen molar-refractivity contribution in [1.82, 2.24) is 9.97 Å². The number of nitrogens with zero attached hydrogens (tertiary/aromatic N) is 3. The first-order valence-electron chi connectivity index (χ1n) is 4.56. The molecule has 0 spiro atoms. The van der Waals surface area contributed by atoms with Gasteiger partial charge in [0.05, 0.1) is 17.1 Å². The predicted molar refractivity (Wildman–Crippen MR) is 63.9 cm³/mol. The number of halogens is 1. The minimum absolute atomic E-state index is 0.223. The summed E-state index contributed by atoms with van der Waals surface area (Å²) in [6.45, 7) is 2.68. The van der Waals surface area contributed by atoms with E-state index in [-0.39, 0.29) is 12.0 Å². The molecule has 0 fully saturated rings. The van der Waals surface area contributed by atoms with E-state index in [2.05, 4.69) is 25.9 Å². The minimum atomic E-state index is 0.223. The molecule has 1 heterocycles. The van der Waals surface area contributed by atoms with Crippen molar-refractivity contribution >= 4 is 27.7 Å². The Kier molecular flexibility index (Phi) is 4.28. The van der Waals surface area contributed by atoms with Crippen molar-refractivity contribution in [3.05, 3.63) is 10.7 Å². The first-order chi connectivity index (χ1) is 7.06. The molecule has 15 heavy (non-hydrogen) atoms. The SMILES string of the molecule is COCC(C)N(C)c1nc(N)ncc1Br. The Morgan fingerprint density at radius 2 is 2.33 bits per heavy atom. The van der Waals surface area contributed by atoms with Crippen LogP contribution in [0.4, 0.5) is 11.8 Å². The lowest BCUT2D eigenvalue weighted by Crippen LogP contribution is -2.33. The monoisotopic (exact) mass is 274 g/mol. The van der Waals surface area contributed by atoms with Gasteiger partial charge in [0.25, 0.3) is 0 Å². The molecule has 0 amide bonds. The highest BCUT2D eigenvalue weighted by Crippen LogP contribution is 2.23. The number of ether oxygens (including phenoxy) is 1. The Balaban J connectivity index is 2.89. The van der Waals surface area contributed by atoms with Crippen molar-refractivity contribution in [2.75, 3.05) is 31.4 Å². The Hall–Kier alpha value is -0.880. The van der Waals surface area contributed by atoms with Gasteiger partial charge >= 0.3 is 0 Å². The molecular formula is C9H15BrN4O. The van der Waals surface area contributed by atoms with Gasteiger partial charge in [-0.15, -0.1) is 0 Å². The largest absolute Gasteiger partial charge is 0.383 e. The van der Waals surface area contributed by atoms with Crippen molar-refractivity contribution < 1.29 is 4.74 Å². The molecule has 1 unspecified atom stereocenters. The quantitative estimate of drug-likeness (QED) is 0.897. The number of hydrogen-bond acceptors (Lipinski definition) is 5. The molecule has 2 N–H and O–H groups in total. The second-order valence-corrected chi connectivity index (χ2v) is 4.17. The van der Waals surface area contributed by atoms with E-state index in [9.17, 15) is 0 Å². The average Bonchev–Trinajstić information content (AvgIpc) is 2.21. The maximum absolute atomic E-state index is 5.54. The van der Waals surface area contributed by atoms with Crippen LogP contribution >= 0.6 is 15.9 Å². The van der Waals surface area contributed by atoms with E-state index in [1.807, 2.05) is 18.9 Å². The van der Waals surface area contributed by atoms with Gasteiger partial charge < -0.3 is 15.4 Å². The molecule has 0 aliphatic heterocycles. The number of aromatic nitrogens is 2. The highest BCUT2D eigenvalue weighted by atomic mass is 79.9.